The summed E-state index contributed by atoms with van der Waals surface area (Å²) in [4.78, 5) is 27.9. The maximum atomic E-state index is 12.1. The first-order chi connectivity index (χ1) is 12.6. The number of nitrogens with one attached hydrogen (secondary N) is 1. The van der Waals surface area contributed by atoms with E-state index in [1.165, 1.54) is 12.8 Å². The summed E-state index contributed by atoms with van der Waals surface area (Å²) in [7, 11) is 0. The number of aliphatic carboxylic acids is 1. The number of aromatic nitrogens is 2. The van der Waals surface area contributed by atoms with Crippen LogP contribution in [0.2, 0.25) is 0 Å². The number of amides is 1. The zero-order valence-electron chi connectivity index (χ0n) is 14.6. The Kier molecular flexibility index (Phi) is 5.99. The van der Waals surface area contributed by atoms with Crippen LogP contribution in [0.4, 0.5) is 0 Å². The van der Waals surface area contributed by atoms with Gasteiger partial charge in [0.1, 0.15) is 6.04 Å². The van der Waals surface area contributed by atoms with E-state index in [1.807, 2.05) is 30.3 Å². The highest BCUT2D eigenvalue weighted by Crippen LogP contribution is 2.32. The molecule has 1 atom stereocenters. The van der Waals surface area contributed by atoms with E-state index in [2.05, 4.69) is 15.5 Å². The fourth-order valence-electron chi connectivity index (χ4n) is 3.26. The molecule has 3 rings (SSSR count). The van der Waals surface area contributed by atoms with E-state index in [0.29, 0.717) is 18.2 Å². The molecule has 0 bridgehead atoms. The van der Waals surface area contributed by atoms with Crippen molar-refractivity contribution < 1.29 is 19.2 Å². The van der Waals surface area contributed by atoms with Gasteiger partial charge in [-0.1, -0.05) is 48.3 Å². The molecule has 1 aromatic carbocycles. The van der Waals surface area contributed by atoms with Crippen molar-refractivity contribution in [3.05, 3.63) is 47.6 Å². The van der Waals surface area contributed by atoms with Crippen LogP contribution >= 0.6 is 0 Å². The highest BCUT2D eigenvalue weighted by Gasteiger charge is 2.23. The van der Waals surface area contributed by atoms with Gasteiger partial charge in [0.15, 0.2) is 5.82 Å². The molecule has 1 aliphatic carbocycles. The van der Waals surface area contributed by atoms with Crippen molar-refractivity contribution in [1.82, 2.24) is 15.5 Å². The lowest BCUT2D eigenvalue weighted by atomic mass is 10.1. The third kappa shape index (κ3) is 4.91. The zero-order chi connectivity index (χ0) is 18.4. The molecule has 1 amide bonds. The lowest BCUT2D eigenvalue weighted by Crippen LogP contribution is -2.42. The Balaban J connectivity index is 1.49. The summed E-state index contributed by atoms with van der Waals surface area (Å²) in [6.07, 6.45) is 5.21. The van der Waals surface area contributed by atoms with E-state index >= 15 is 0 Å². The van der Waals surface area contributed by atoms with Crippen LogP contribution in [0, 0.1) is 0 Å². The van der Waals surface area contributed by atoms with E-state index in [9.17, 15) is 14.7 Å². The van der Waals surface area contributed by atoms with Crippen molar-refractivity contribution >= 4 is 11.9 Å². The van der Waals surface area contributed by atoms with Gasteiger partial charge in [-0.15, -0.1) is 0 Å². The van der Waals surface area contributed by atoms with E-state index in [0.717, 1.165) is 24.2 Å². The number of benzene rings is 1. The molecule has 0 unspecified atom stereocenters. The van der Waals surface area contributed by atoms with Crippen LogP contribution in [-0.2, 0) is 22.4 Å². The number of rotatable bonds is 8. The third-order valence-electron chi connectivity index (χ3n) is 4.69. The first-order valence-corrected chi connectivity index (χ1v) is 9.00. The second-order valence-corrected chi connectivity index (χ2v) is 6.68. The predicted molar refractivity (Wildman–Crippen MR) is 93.5 cm³/mol. The predicted octanol–water partition coefficient (Wildman–Crippen LogP) is 2.47. The summed E-state index contributed by atoms with van der Waals surface area (Å²) in [5.74, 6) is 0.128. The van der Waals surface area contributed by atoms with Crippen LogP contribution in [0.15, 0.2) is 34.9 Å². The monoisotopic (exact) mass is 357 g/mol. The topological polar surface area (TPSA) is 105 Å². The number of hydrogen-bond donors (Lipinski definition) is 2. The molecule has 1 saturated carbocycles. The number of carboxylic acid groups (broad SMARTS) is 1. The third-order valence-corrected chi connectivity index (χ3v) is 4.69. The summed E-state index contributed by atoms with van der Waals surface area (Å²) in [5.41, 5.74) is 0.860. The van der Waals surface area contributed by atoms with Gasteiger partial charge in [0, 0.05) is 25.2 Å². The van der Waals surface area contributed by atoms with Gasteiger partial charge in [-0.25, -0.2) is 4.79 Å². The Hall–Kier alpha value is -2.70. The van der Waals surface area contributed by atoms with E-state index in [1.54, 1.807) is 0 Å². The highest BCUT2D eigenvalue weighted by atomic mass is 16.5. The first kappa shape index (κ1) is 18.1. The minimum atomic E-state index is -1.05. The Morgan fingerprint density at radius 1 is 1.23 bits per heavy atom. The molecule has 0 aliphatic heterocycles. The minimum absolute atomic E-state index is 0.116. The zero-order valence-corrected chi connectivity index (χ0v) is 14.6. The van der Waals surface area contributed by atoms with Gasteiger partial charge in [-0.3, -0.25) is 4.79 Å². The fourth-order valence-corrected chi connectivity index (χ4v) is 3.26. The number of hydrogen-bond acceptors (Lipinski definition) is 5. The normalized spacial score (nSPS) is 15.7. The molecule has 2 aromatic rings. The second-order valence-electron chi connectivity index (χ2n) is 6.68. The largest absolute Gasteiger partial charge is 0.480 e. The molecule has 1 aliphatic rings. The molecule has 7 heteroatoms. The summed E-state index contributed by atoms with van der Waals surface area (Å²) in [5, 5.41) is 15.9. The van der Waals surface area contributed by atoms with Crippen LogP contribution in [-0.4, -0.2) is 33.2 Å². The van der Waals surface area contributed by atoms with Crippen molar-refractivity contribution in [2.75, 3.05) is 0 Å². The van der Waals surface area contributed by atoms with Crippen LogP contribution in [0.25, 0.3) is 0 Å². The van der Waals surface area contributed by atoms with E-state index in [-0.39, 0.29) is 18.7 Å². The molecule has 7 nitrogen and oxygen atoms in total. The molecule has 138 valence electrons. The number of nitrogens with zero attached hydrogens (tertiary/aromatic N) is 2. The summed E-state index contributed by atoms with van der Waals surface area (Å²) in [6.45, 7) is 0. The van der Waals surface area contributed by atoms with E-state index < -0.39 is 12.0 Å². The minimum Gasteiger partial charge on any atom is -0.480 e. The van der Waals surface area contributed by atoms with Gasteiger partial charge in [-0.2, -0.15) is 4.98 Å². The standard InChI is InChI=1S/C19H23N3O4/c23-16(20-15(19(24)25)12-13-6-2-1-3-7-13)10-11-17-21-18(22-26-17)14-8-4-5-9-14/h1-3,6-7,14-15H,4-5,8-12H2,(H,20,23)(H,24,25)/t15-/m0/s1. The van der Waals surface area contributed by atoms with Crippen LogP contribution in [0.3, 0.4) is 0 Å². The summed E-state index contributed by atoms with van der Waals surface area (Å²) in [6, 6.07) is 8.26. The van der Waals surface area contributed by atoms with Crippen molar-refractivity contribution in [2.45, 2.75) is 56.9 Å². The van der Waals surface area contributed by atoms with Crippen molar-refractivity contribution in [2.24, 2.45) is 0 Å². The number of carboxylic acids is 1. The summed E-state index contributed by atoms with van der Waals surface area (Å²) < 4.78 is 5.22. The molecule has 1 heterocycles. The van der Waals surface area contributed by atoms with Gasteiger partial charge in [-0.05, 0) is 18.4 Å². The highest BCUT2D eigenvalue weighted by molar-refractivity contribution is 5.83. The smallest absolute Gasteiger partial charge is 0.326 e. The Labute approximate surface area is 151 Å². The lowest BCUT2D eigenvalue weighted by molar-refractivity contribution is -0.141. The molecular formula is C19H23N3O4. The lowest BCUT2D eigenvalue weighted by Gasteiger charge is -2.14. The average molecular weight is 357 g/mol. The maximum absolute atomic E-state index is 12.1. The molecule has 1 aromatic heterocycles. The molecule has 2 N–H and O–H groups in total. The first-order valence-electron chi connectivity index (χ1n) is 9.00. The van der Waals surface area contributed by atoms with Gasteiger partial charge >= 0.3 is 5.97 Å². The molecule has 0 saturated heterocycles. The molecular weight excluding hydrogens is 334 g/mol. The SMILES string of the molecule is O=C(CCc1nc(C2CCCC2)no1)N[C@@H](Cc1ccccc1)C(=O)O. The van der Waals surface area contributed by atoms with Gasteiger partial charge in [0.05, 0.1) is 0 Å². The Morgan fingerprint density at radius 3 is 2.65 bits per heavy atom. The van der Waals surface area contributed by atoms with Crippen LogP contribution in [0.5, 0.6) is 0 Å². The van der Waals surface area contributed by atoms with Crippen LogP contribution in [0.1, 0.15) is 55.3 Å². The molecule has 26 heavy (non-hydrogen) atoms. The second kappa shape index (κ2) is 8.60. The average Bonchev–Trinajstić information content (AvgIpc) is 3.31. The molecule has 0 radical (unpaired) electrons. The molecule has 0 spiro atoms. The number of carbonyl (C=O) groups excluding carboxylic acids is 1. The Morgan fingerprint density at radius 2 is 1.96 bits per heavy atom. The van der Waals surface area contributed by atoms with Crippen molar-refractivity contribution in [3.8, 4) is 0 Å². The van der Waals surface area contributed by atoms with Gasteiger partial charge in [0.25, 0.3) is 0 Å². The number of carbonyl (C=O) groups is 2. The molecule has 1 fully saturated rings. The van der Waals surface area contributed by atoms with Gasteiger partial charge in [0.2, 0.25) is 11.8 Å². The van der Waals surface area contributed by atoms with Crippen LogP contribution < -0.4 is 5.32 Å². The fraction of sp³-hybridized carbons (Fsp3) is 0.474. The summed E-state index contributed by atoms with van der Waals surface area (Å²) >= 11 is 0. The Bertz CT molecular complexity index is 738. The van der Waals surface area contributed by atoms with E-state index in [4.69, 9.17) is 4.52 Å². The van der Waals surface area contributed by atoms with Gasteiger partial charge < -0.3 is 14.9 Å². The number of aryl methyl sites for hydroxylation is 1. The van der Waals surface area contributed by atoms with Crippen molar-refractivity contribution in [1.29, 1.82) is 0 Å². The van der Waals surface area contributed by atoms with Crippen molar-refractivity contribution in [3.63, 3.8) is 0 Å². The maximum Gasteiger partial charge on any atom is 0.326 e. The quantitative estimate of drug-likeness (QED) is 0.752.